The summed E-state index contributed by atoms with van der Waals surface area (Å²) in [5.74, 6) is 2.31. The maximum absolute atomic E-state index is 12.9. The van der Waals surface area contributed by atoms with Gasteiger partial charge in [-0.25, -0.2) is 0 Å². The van der Waals surface area contributed by atoms with Crippen molar-refractivity contribution in [3.05, 3.63) is 35.9 Å². The lowest BCUT2D eigenvalue weighted by atomic mass is 9.86. The van der Waals surface area contributed by atoms with Crippen molar-refractivity contribution < 1.29 is 9.59 Å². The Balaban J connectivity index is 2.39. The molecule has 2 amide bonds. The van der Waals surface area contributed by atoms with Crippen molar-refractivity contribution in [2.24, 2.45) is 0 Å². The fourth-order valence-electron chi connectivity index (χ4n) is 2.77. The van der Waals surface area contributed by atoms with Gasteiger partial charge in [0.2, 0.25) is 5.91 Å². The quantitative estimate of drug-likeness (QED) is 0.855. The van der Waals surface area contributed by atoms with E-state index in [1.165, 1.54) is 0 Å². The van der Waals surface area contributed by atoms with Crippen LogP contribution in [0.15, 0.2) is 30.3 Å². The van der Waals surface area contributed by atoms with Crippen LogP contribution in [0.5, 0.6) is 0 Å². The van der Waals surface area contributed by atoms with Gasteiger partial charge in [-0.3, -0.25) is 9.59 Å². The first-order valence-electron chi connectivity index (χ1n) is 7.16. The van der Waals surface area contributed by atoms with Crippen molar-refractivity contribution in [1.82, 2.24) is 10.2 Å². The van der Waals surface area contributed by atoms with Crippen LogP contribution in [-0.2, 0) is 15.1 Å². The molecule has 1 saturated heterocycles. The SMILES string of the molecule is C#CCCN1C(=O)C(C)(c2ccccc2)NC(=O)C1CC. The number of hydrogen-bond donors (Lipinski definition) is 1. The maximum atomic E-state index is 12.9. The third-order valence-corrected chi connectivity index (χ3v) is 3.98. The first kappa shape index (κ1) is 15.1. The van der Waals surface area contributed by atoms with Crippen molar-refractivity contribution >= 4 is 11.8 Å². The molecule has 0 saturated carbocycles. The molecule has 4 heteroatoms. The summed E-state index contributed by atoms with van der Waals surface area (Å²) in [5, 5.41) is 2.88. The summed E-state index contributed by atoms with van der Waals surface area (Å²) in [7, 11) is 0. The lowest BCUT2D eigenvalue weighted by Crippen LogP contribution is -2.67. The molecule has 0 aromatic heterocycles. The average Bonchev–Trinajstić information content (AvgIpc) is 2.50. The Bertz CT molecular complexity index is 576. The van der Waals surface area contributed by atoms with E-state index in [4.69, 9.17) is 6.42 Å². The molecule has 21 heavy (non-hydrogen) atoms. The summed E-state index contributed by atoms with van der Waals surface area (Å²) < 4.78 is 0. The van der Waals surface area contributed by atoms with Gasteiger partial charge >= 0.3 is 0 Å². The van der Waals surface area contributed by atoms with Crippen molar-refractivity contribution in [2.75, 3.05) is 6.54 Å². The van der Waals surface area contributed by atoms with E-state index in [0.29, 0.717) is 19.4 Å². The molecular weight excluding hydrogens is 264 g/mol. The van der Waals surface area contributed by atoms with Crippen molar-refractivity contribution in [3.63, 3.8) is 0 Å². The number of rotatable bonds is 4. The summed E-state index contributed by atoms with van der Waals surface area (Å²) in [6, 6.07) is 8.86. The van der Waals surface area contributed by atoms with E-state index >= 15 is 0 Å². The van der Waals surface area contributed by atoms with Crippen molar-refractivity contribution in [3.8, 4) is 12.3 Å². The first-order valence-corrected chi connectivity index (χ1v) is 7.16. The molecule has 1 heterocycles. The van der Waals surface area contributed by atoms with Crippen molar-refractivity contribution in [1.29, 1.82) is 0 Å². The highest BCUT2D eigenvalue weighted by Gasteiger charge is 2.48. The molecular formula is C17H20N2O2. The molecule has 1 aromatic rings. The highest BCUT2D eigenvalue weighted by Crippen LogP contribution is 2.29. The van der Waals surface area contributed by atoms with E-state index in [1.54, 1.807) is 11.8 Å². The number of carbonyl (C=O) groups excluding carboxylic acids is 2. The Morgan fingerprint density at radius 1 is 1.33 bits per heavy atom. The number of carbonyl (C=O) groups is 2. The minimum atomic E-state index is -1.03. The Morgan fingerprint density at radius 2 is 2.00 bits per heavy atom. The van der Waals surface area contributed by atoms with Crippen LogP contribution in [0.1, 0.15) is 32.3 Å². The summed E-state index contributed by atoms with van der Waals surface area (Å²) in [4.78, 5) is 26.9. The number of terminal acetylenes is 1. The molecule has 110 valence electrons. The Hall–Kier alpha value is -2.28. The molecule has 2 unspecified atom stereocenters. The van der Waals surface area contributed by atoms with Crippen LogP contribution < -0.4 is 5.32 Å². The fourth-order valence-corrected chi connectivity index (χ4v) is 2.77. The molecule has 1 aliphatic rings. The number of amides is 2. The molecule has 0 bridgehead atoms. The molecule has 1 aromatic carbocycles. The van der Waals surface area contributed by atoms with Crippen LogP contribution in [0.4, 0.5) is 0 Å². The zero-order valence-corrected chi connectivity index (χ0v) is 12.4. The first-order chi connectivity index (χ1) is 10.0. The molecule has 2 rings (SSSR count). The summed E-state index contributed by atoms with van der Waals surface area (Å²) >= 11 is 0. The molecule has 1 N–H and O–H groups in total. The van der Waals surface area contributed by atoms with Gasteiger partial charge in [0.25, 0.3) is 5.91 Å². The zero-order valence-electron chi connectivity index (χ0n) is 12.4. The van der Waals surface area contributed by atoms with Gasteiger partial charge in [0.15, 0.2) is 0 Å². The van der Waals surface area contributed by atoms with Gasteiger partial charge in [-0.15, -0.1) is 12.3 Å². The smallest absolute Gasteiger partial charge is 0.253 e. The molecule has 1 aliphatic heterocycles. The third kappa shape index (κ3) is 2.64. The average molecular weight is 284 g/mol. The third-order valence-electron chi connectivity index (χ3n) is 3.98. The standard InChI is InChI=1S/C17H20N2O2/c1-4-6-12-19-14(5-2)15(20)18-17(3,16(19)21)13-10-8-7-9-11-13/h1,7-11,14H,5-6,12H2,2-3H3,(H,18,20). The van der Waals surface area contributed by atoms with E-state index < -0.39 is 11.6 Å². The second-order valence-corrected chi connectivity index (χ2v) is 5.36. The molecule has 0 aliphatic carbocycles. The number of hydrogen-bond acceptors (Lipinski definition) is 2. The van der Waals surface area contributed by atoms with Crippen LogP contribution in [0.3, 0.4) is 0 Å². The summed E-state index contributed by atoms with van der Waals surface area (Å²) in [6.07, 6.45) is 6.32. The number of benzene rings is 1. The number of nitrogens with one attached hydrogen (secondary N) is 1. The van der Waals surface area contributed by atoms with Crippen LogP contribution >= 0.6 is 0 Å². The fraction of sp³-hybridized carbons (Fsp3) is 0.412. The second-order valence-electron chi connectivity index (χ2n) is 5.36. The largest absolute Gasteiger partial charge is 0.336 e. The summed E-state index contributed by atoms with van der Waals surface area (Å²) in [6.45, 7) is 4.05. The van der Waals surface area contributed by atoms with Crippen LogP contribution in [-0.4, -0.2) is 29.3 Å². The van der Waals surface area contributed by atoms with Crippen LogP contribution in [0.2, 0.25) is 0 Å². The van der Waals surface area contributed by atoms with Gasteiger partial charge in [-0.2, -0.15) is 0 Å². The number of piperazine rings is 1. The van der Waals surface area contributed by atoms with Gasteiger partial charge < -0.3 is 10.2 Å². The predicted octanol–water partition coefficient (Wildman–Crippen LogP) is 1.66. The molecule has 4 nitrogen and oxygen atoms in total. The lowest BCUT2D eigenvalue weighted by Gasteiger charge is -2.44. The number of nitrogens with zero attached hydrogens (tertiary/aromatic N) is 1. The lowest BCUT2D eigenvalue weighted by molar-refractivity contribution is -0.154. The Morgan fingerprint density at radius 3 is 2.57 bits per heavy atom. The van der Waals surface area contributed by atoms with E-state index in [-0.39, 0.29) is 11.8 Å². The van der Waals surface area contributed by atoms with Gasteiger partial charge in [0, 0.05) is 13.0 Å². The molecule has 1 fully saturated rings. The van der Waals surface area contributed by atoms with Gasteiger partial charge in [-0.05, 0) is 18.9 Å². The summed E-state index contributed by atoms with van der Waals surface area (Å²) in [5.41, 5.74) is -0.248. The van der Waals surface area contributed by atoms with E-state index in [2.05, 4.69) is 11.2 Å². The van der Waals surface area contributed by atoms with Gasteiger partial charge in [0.1, 0.15) is 11.6 Å². The van der Waals surface area contributed by atoms with Gasteiger partial charge in [-0.1, -0.05) is 37.3 Å². The Labute approximate surface area is 125 Å². The maximum Gasteiger partial charge on any atom is 0.253 e. The van der Waals surface area contributed by atoms with Crippen molar-refractivity contribution in [2.45, 2.75) is 38.3 Å². The zero-order chi connectivity index (χ0) is 15.5. The topological polar surface area (TPSA) is 49.4 Å². The highest BCUT2D eigenvalue weighted by molar-refractivity contribution is 6.00. The molecule has 0 radical (unpaired) electrons. The van der Waals surface area contributed by atoms with Gasteiger partial charge in [0.05, 0.1) is 0 Å². The predicted molar refractivity (Wildman–Crippen MR) is 81.2 cm³/mol. The Kier molecular flexibility index (Phi) is 4.32. The molecule has 2 atom stereocenters. The van der Waals surface area contributed by atoms with E-state index in [9.17, 15) is 9.59 Å². The van der Waals surface area contributed by atoms with E-state index in [1.807, 2.05) is 37.3 Å². The molecule has 0 spiro atoms. The van der Waals surface area contributed by atoms with Crippen LogP contribution in [0.25, 0.3) is 0 Å². The second kappa shape index (κ2) is 6.01. The highest BCUT2D eigenvalue weighted by atomic mass is 16.2. The van der Waals surface area contributed by atoms with E-state index in [0.717, 1.165) is 5.56 Å². The minimum absolute atomic E-state index is 0.101. The van der Waals surface area contributed by atoms with Crippen LogP contribution in [0, 0.1) is 12.3 Å². The minimum Gasteiger partial charge on any atom is -0.336 e. The normalized spacial score (nSPS) is 25.4. The monoisotopic (exact) mass is 284 g/mol.